The Hall–Kier alpha value is -1.83. The molecular weight excluding hydrogens is 414 g/mol. The summed E-state index contributed by atoms with van der Waals surface area (Å²) in [5.74, 6) is 0.338. The molecule has 31 heavy (non-hydrogen) atoms. The second kappa shape index (κ2) is 10.7. The number of ether oxygens (including phenoxy) is 4. The number of aliphatic hydroxyl groups is 5. The summed E-state index contributed by atoms with van der Waals surface area (Å²) >= 11 is 0. The fraction of sp³-hybridized carbons (Fsp3) is 0.650. The standard InChI is InChI=1S/C20H29NO10/c1-10(24)21-11-2-4-12(5-3-11)28-16-7-6-13(14(8-22)29-16)30-20-19(27)18(26)17(25)15(9-23)31-20/h2-5,13-20,22-23,25-27H,6-9H2,1H3,(H,21,24)/t13-,14+,15+,16-,17+,18-,19+,20?/m0/s1. The summed E-state index contributed by atoms with van der Waals surface area (Å²) in [6.45, 7) is 0.466. The smallest absolute Gasteiger partial charge is 0.221 e. The van der Waals surface area contributed by atoms with E-state index in [0.29, 0.717) is 24.3 Å². The van der Waals surface area contributed by atoms with E-state index in [9.17, 15) is 30.3 Å². The molecule has 2 aliphatic heterocycles. The topological polar surface area (TPSA) is 167 Å². The number of anilines is 1. The van der Waals surface area contributed by atoms with Gasteiger partial charge in [0.1, 0.15) is 36.3 Å². The summed E-state index contributed by atoms with van der Waals surface area (Å²) in [6, 6.07) is 6.74. The zero-order chi connectivity index (χ0) is 22.5. The van der Waals surface area contributed by atoms with Gasteiger partial charge in [0.05, 0.1) is 19.3 Å². The number of hydrogen-bond acceptors (Lipinski definition) is 10. The summed E-state index contributed by atoms with van der Waals surface area (Å²) in [5, 5.41) is 51.6. The zero-order valence-corrected chi connectivity index (χ0v) is 17.0. The van der Waals surface area contributed by atoms with Crippen molar-refractivity contribution in [2.75, 3.05) is 18.5 Å². The van der Waals surface area contributed by atoms with Crippen LogP contribution in [0.25, 0.3) is 0 Å². The minimum absolute atomic E-state index is 0.180. The lowest BCUT2D eigenvalue weighted by Crippen LogP contribution is -2.60. The van der Waals surface area contributed by atoms with Crippen molar-refractivity contribution in [1.29, 1.82) is 0 Å². The Bertz CT molecular complexity index is 714. The molecule has 0 bridgehead atoms. The number of nitrogens with one attached hydrogen (secondary N) is 1. The molecule has 0 spiro atoms. The maximum absolute atomic E-state index is 11.1. The van der Waals surface area contributed by atoms with Crippen molar-refractivity contribution in [3.05, 3.63) is 24.3 Å². The molecule has 2 fully saturated rings. The van der Waals surface area contributed by atoms with E-state index in [1.807, 2.05) is 0 Å². The average molecular weight is 443 g/mol. The highest BCUT2D eigenvalue weighted by atomic mass is 16.7. The molecule has 2 heterocycles. The summed E-state index contributed by atoms with van der Waals surface area (Å²) < 4.78 is 22.6. The first-order valence-corrected chi connectivity index (χ1v) is 10.1. The van der Waals surface area contributed by atoms with Crippen LogP contribution in [0.4, 0.5) is 5.69 Å². The Morgan fingerprint density at radius 3 is 2.29 bits per heavy atom. The van der Waals surface area contributed by atoms with Crippen LogP contribution in [-0.2, 0) is 19.0 Å². The fourth-order valence-corrected chi connectivity index (χ4v) is 3.56. The first-order valence-electron chi connectivity index (χ1n) is 10.1. The number of benzene rings is 1. The van der Waals surface area contributed by atoms with Gasteiger partial charge in [-0.25, -0.2) is 0 Å². The van der Waals surface area contributed by atoms with E-state index in [-0.39, 0.29) is 12.5 Å². The Morgan fingerprint density at radius 2 is 1.68 bits per heavy atom. The van der Waals surface area contributed by atoms with Gasteiger partial charge in [-0.15, -0.1) is 0 Å². The molecule has 11 nitrogen and oxygen atoms in total. The van der Waals surface area contributed by atoms with Crippen molar-refractivity contribution >= 4 is 11.6 Å². The normalized spacial score (nSPS) is 36.1. The Labute approximate surface area is 179 Å². The van der Waals surface area contributed by atoms with Gasteiger partial charge in [-0.1, -0.05) is 0 Å². The predicted octanol–water partition coefficient (Wildman–Crippen LogP) is -1.29. The molecule has 8 atom stereocenters. The first-order chi connectivity index (χ1) is 14.8. The van der Waals surface area contributed by atoms with Gasteiger partial charge >= 0.3 is 0 Å². The molecule has 0 radical (unpaired) electrons. The molecule has 2 aliphatic rings. The number of hydrogen-bond donors (Lipinski definition) is 6. The largest absolute Gasteiger partial charge is 0.465 e. The number of amides is 1. The van der Waals surface area contributed by atoms with Crippen LogP contribution in [-0.4, -0.2) is 93.9 Å². The van der Waals surface area contributed by atoms with Crippen molar-refractivity contribution < 1.29 is 49.3 Å². The van der Waals surface area contributed by atoms with Gasteiger partial charge in [0.2, 0.25) is 5.91 Å². The molecule has 1 unspecified atom stereocenters. The fourth-order valence-electron chi connectivity index (χ4n) is 3.56. The minimum Gasteiger partial charge on any atom is -0.465 e. The molecule has 6 N–H and O–H groups in total. The monoisotopic (exact) mass is 443 g/mol. The molecule has 3 rings (SSSR count). The average Bonchev–Trinajstić information content (AvgIpc) is 2.76. The van der Waals surface area contributed by atoms with Crippen molar-refractivity contribution in [1.82, 2.24) is 0 Å². The third-order valence-electron chi connectivity index (χ3n) is 5.21. The SMILES string of the molecule is CC(=O)Nc1ccc(O[C@@H]2CC[C@H](OC3O[C@H](CO)[C@@H](O)[C@H](O)[C@H]3O)[C@@H](CO)O2)cc1. The highest BCUT2D eigenvalue weighted by molar-refractivity contribution is 5.88. The summed E-state index contributed by atoms with van der Waals surface area (Å²) in [6.07, 6.45) is -8.27. The minimum atomic E-state index is -1.55. The van der Waals surface area contributed by atoms with Crippen LogP contribution < -0.4 is 10.1 Å². The lowest BCUT2D eigenvalue weighted by atomic mass is 9.99. The molecule has 2 saturated heterocycles. The number of carbonyl (C=O) groups excluding carboxylic acids is 1. The van der Waals surface area contributed by atoms with Crippen molar-refractivity contribution in [2.45, 2.75) is 69.0 Å². The number of aliphatic hydroxyl groups excluding tert-OH is 5. The molecule has 0 aromatic heterocycles. The summed E-state index contributed by atoms with van der Waals surface area (Å²) in [4.78, 5) is 11.1. The van der Waals surface area contributed by atoms with E-state index in [1.54, 1.807) is 24.3 Å². The van der Waals surface area contributed by atoms with Crippen molar-refractivity contribution in [2.24, 2.45) is 0 Å². The lowest BCUT2D eigenvalue weighted by molar-refractivity contribution is -0.329. The van der Waals surface area contributed by atoms with Crippen LogP contribution in [0.1, 0.15) is 19.8 Å². The molecular formula is C20H29NO10. The van der Waals surface area contributed by atoms with Crippen LogP contribution >= 0.6 is 0 Å². The van der Waals surface area contributed by atoms with Crippen molar-refractivity contribution in [3.63, 3.8) is 0 Å². The van der Waals surface area contributed by atoms with E-state index in [4.69, 9.17) is 18.9 Å². The van der Waals surface area contributed by atoms with E-state index >= 15 is 0 Å². The summed E-state index contributed by atoms with van der Waals surface area (Å²) in [7, 11) is 0. The molecule has 11 heteroatoms. The number of carbonyl (C=O) groups is 1. The Morgan fingerprint density at radius 1 is 1.00 bits per heavy atom. The van der Waals surface area contributed by atoms with E-state index in [1.165, 1.54) is 6.92 Å². The second-order valence-electron chi connectivity index (χ2n) is 7.56. The van der Waals surface area contributed by atoms with Crippen LogP contribution in [0.2, 0.25) is 0 Å². The predicted molar refractivity (Wildman–Crippen MR) is 105 cm³/mol. The quantitative estimate of drug-likeness (QED) is 0.298. The molecule has 1 aromatic carbocycles. The van der Waals surface area contributed by atoms with Gasteiger partial charge in [-0.2, -0.15) is 0 Å². The lowest BCUT2D eigenvalue weighted by Gasteiger charge is -2.43. The summed E-state index contributed by atoms with van der Waals surface area (Å²) in [5.41, 5.74) is 0.630. The van der Waals surface area contributed by atoms with Crippen LogP contribution in [0.15, 0.2) is 24.3 Å². The molecule has 0 aliphatic carbocycles. The van der Waals surface area contributed by atoms with Crippen LogP contribution in [0.3, 0.4) is 0 Å². The first kappa shape index (κ1) is 23.8. The maximum atomic E-state index is 11.1. The zero-order valence-electron chi connectivity index (χ0n) is 17.0. The molecule has 1 amide bonds. The van der Waals surface area contributed by atoms with Gasteiger partial charge < -0.3 is 49.8 Å². The van der Waals surface area contributed by atoms with Gasteiger partial charge in [0, 0.05) is 19.0 Å². The Balaban J connectivity index is 1.56. The van der Waals surface area contributed by atoms with E-state index in [0.717, 1.165) is 0 Å². The Kier molecular flexibility index (Phi) is 8.19. The highest BCUT2D eigenvalue weighted by Gasteiger charge is 2.46. The molecule has 1 aromatic rings. The van der Waals surface area contributed by atoms with Crippen LogP contribution in [0, 0.1) is 0 Å². The van der Waals surface area contributed by atoms with E-state index < -0.39 is 55.8 Å². The maximum Gasteiger partial charge on any atom is 0.221 e. The molecule has 174 valence electrons. The van der Waals surface area contributed by atoms with Gasteiger partial charge in [-0.05, 0) is 30.7 Å². The molecule has 0 saturated carbocycles. The van der Waals surface area contributed by atoms with Crippen molar-refractivity contribution in [3.8, 4) is 5.75 Å². The van der Waals surface area contributed by atoms with E-state index in [2.05, 4.69) is 5.32 Å². The van der Waals surface area contributed by atoms with Crippen LogP contribution in [0.5, 0.6) is 5.75 Å². The highest BCUT2D eigenvalue weighted by Crippen LogP contribution is 2.29. The second-order valence-corrected chi connectivity index (χ2v) is 7.56. The third-order valence-corrected chi connectivity index (χ3v) is 5.21. The van der Waals surface area contributed by atoms with Gasteiger partial charge in [0.25, 0.3) is 0 Å². The third kappa shape index (κ3) is 5.90. The number of rotatable bonds is 7. The van der Waals surface area contributed by atoms with Gasteiger partial charge in [-0.3, -0.25) is 4.79 Å². The van der Waals surface area contributed by atoms with Gasteiger partial charge in [0.15, 0.2) is 12.6 Å².